The average molecular weight is 388 g/mol. The van der Waals surface area contributed by atoms with E-state index in [1.165, 1.54) is 16.7 Å². The molecule has 0 aromatic heterocycles. The fraction of sp³-hybridized carbons (Fsp3) is 0.294. The van der Waals surface area contributed by atoms with Gasteiger partial charge < -0.3 is 4.74 Å². The summed E-state index contributed by atoms with van der Waals surface area (Å²) >= 11 is 16.4. The fourth-order valence-corrected chi connectivity index (χ4v) is 3.80. The van der Waals surface area contributed by atoms with E-state index >= 15 is 0 Å². The van der Waals surface area contributed by atoms with E-state index in [0.717, 1.165) is 5.56 Å². The molecule has 1 unspecified atom stereocenters. The second-order valence-corrected chi connectivity index (χ2v) is 6.69. The Morgan fingerprint density at radius 3 is 2.38 bits per heavy atom. The summed E-state index contributed by atoms with van der Waals surface area (Å²) in [6.07, 6.45) is 0. The van der Waals surface area contributed by atoms with Crippen molar-refractivity contribution in [1.82, 2.24) is 0 Å². The molecule has 1 nitrogen and oxygen atoms in total. The van der Waals surface area contributed by atoms with Crippen LogP contribution in [0.2, 0.25) is 10.0 Å². The number of hydrogen-bond donors (Lipinski definition) is 0. The first-order valence-corrected chi connectivity index (χ1v) is 8.44. The number of halogens is 3. The minimum atomic E-state index is -0.00113. The molecule has 0 saturated carbocycles. The van der Waals surface area contributed by atoms with Crippen molar-refractivity contribution in [2.45, 2.75) is 25.6 Å². The molecule has 2 rings (SSSR count). The second-order valence-electron chi connectivity index (χ2n) is 4.96. The second kappa shape index (κ2) is 7.04. The maximum atomic E-state index is 6.40. The lowest BCUT2D eigenvalue weighted by Crippen LogP contribution is -1.99. The highest BCUT2D eigenvalue weighted by Gasteiger charge is 2.18. The Labute approximate surface area is 144 Å². The quantitative estimate of drug-likeness (QED) is 0.544. The lowest BCUT2D eigenvalue weighted by atomic mass is 9.98. The third-order valence-corrected chi connectivity index (χ3v) is 4.93. The predicted octanol–water partition coefficient (Wildman–Crippen LogP) is 6.49. The van der Waals surface area contributed by atoms with Gasteiger partial charge in [-0.05, 0) is 43.5 Å². The van der Waals surface area contributed by atoms with Crippen LogP contribution in [0.15, 0.2) is 30.3 Å². The van der Waals surface area contributed by atoms with E-state index in [2.05, 4.69) is 48.0 Å². The molecule has 0 saturated heterocycles. The lowest BCUT2D eigenvalue weighted by molar-refractivity contribution is 0.340. The third kappa shape index (κ3) is 3.74. The zero-order valence-electron chi connectivity index (χ0n) is 12.2. The SMILES string of the molecule is CCOc1cc(Cl)c(C(Br)c2ccc(C)cc2C)cc1Cl. The topological polar surface area (TPSA) is 9.23 Å². The highest BCUT2D eigenvalue weighted by Crippen LogP contribution is 2.41. The monoisotopic (exact) mass is 386 g/mol. The largest absolute Gasteiger partial charge is 0.492 e. The van der Waals surface area contributed by atoms with Crippen molar-refractivity contribution >= 4 is 39.1 Å². The van der Waals surface area contributed by atoms with E-state index in [1.807, 2.05) is 13.0 Å². The van der Waals surface area contributed by atoms with Crippen molar-refractivity contribution in [1.29, 1.82) is 0 Å². The molecular formula is C17H17BrCl2O. The zero-order valence-corrected chi connectivity index (χ0v) is 15.3. The molecule has 0 spiro atoms. The van der Waals surface area contributed by atoms with Gasteiger partial charge in [0.25, 0.3) is 0 Å². The van der Waals surface area contributed by atoms with E-state index in [0.29, 0.717) is 22.4 Å². The van der Waals surface area contributed by atoms with E-state index in [1.54, 1.807) is 6.07 Å². The van der Waals surface area contributed by atoms with Gasteiger partial charge in [0.2, 0.25) is 0 Å². The van der Waals surface area contributed by atoms with Crippen molar-refractivity contribution in [3.63, 3.8) is 0 Å². The van der Waals surface area contributed by atoms with Crippen LogP contribution in [0.5, 0.6) is 5.75 Å². The third-order valence-electron chi connectivity index (χ3n) is 3.32. The Morgan fingerprint density at radius 1 is 1.05 bits per heavy atom. The van der Waals surface area contributed by atoms with Crippen LogP contribution in [0.1, 0.15) is 34.0 Å². The van der Waals surface area contributed by atoms with Crippen LogP contribution >= 0.6 is 39.1 Å². The molecule has 0 fully saturated rings. The highest BCUT2D eigenvalue weighted by molar-refractivity contribution is 9.09. The maximum absolute atomic E-state index is 6.40. The summed E-state index contributed by atoms with van der Waals surface area (Å²) in [6.45, 7) is 6.66. The molecule has 0 aliphatic heterocycles. The van der Waals surface area contributed by atoms with E-state index in [-0.39, 0.29) is 4.83 Å². The van der Waals surface area contributed by atoms with Gasteiger partial charge in [0.15, 0.2) is 0 Å². The number of hydrogen-bond acceptors (Lipinski definition) is 1. The first kappa shape index (κ1) is 16.7. The summed E-state index contributed by atoms with van der Waals surface area (Å²) in [7, 11) is 0. The van der Waals surface area contributed by atoms with Gasteiger partial charge in [0.05, 0.1) is 16.5 Å². The molecular weight excluding hydrogens is 371 g/mol. The molecule has 0 heterocycles. The van der Waals surface area contributed by atoms with Crippen molar-refractivity contribution in [2.24, 2.45) is 0 Å². The number of ether oxygens (including phenoxy) is 1. The fourth-order valence-electron chi connectivity index (χ4n) is 2.28. The summed E-state index contributed by atoms with van der Waals surface area (Å²) in [4.78, 5) is -0.00113. The standard InChI is InChI=1S/C17H17BrCl2O/c1-4-21-16-9-14(19)13(8-15(16)20)17(18)12-6-5-10(2)7-11(12)3/h5-9,17H,4H2,1-3H3. The zero-order chi connectivity index (χ0) is 15.6. The van der Waals surface area contributed by atoms with Crippen molar-refractivity contribution in [2.75, 3.05) is 6.61 Å². The Kier molecular flexibility index (Phi) is 5.59. The predicted molar refractivity (Wildman–Crippen MR) is 94.3 cm³/mol. The van der Waals surface area contributed by atoms with Crippen molar-refractivity contribution in [3.8, 4) is 5.75 Å². The molecule has 112 valence electrons. The molecule has 4 heteroatoms. The average Bonchev–Trinajstić information content (AvgIpc) is 2.42. The van der Waals surface area contributed by atoms with Crippen LogP contribution in [0.4, 0.5) is 0 Å². The Hall–Kier alpha value is -0.700. The molecule has 0 N–H and O–H groups in total. The van der Waals surface area contributed by atoms with Gasteiger partial charge in [-0.25, -0.2) is 0 Å². The van der Waals surface area contributed by atoms with Crippen LogP contribution in [-0.2, 0) is 0 Å². The molecule has 0 bridgehead atoms. The van der Waals surface area contributed by atoms with Gasteiger partial charge in [0, 0.05) is 11.1 Å². The van der Waals surface area contributed by atoms with Crippen molar-refractivity contribution in [3.05, 3.63) is 62.6 Å². The number of benzene rings is 2. The van der Waals surface area contributed by atoms with Gasteiger partial charge >= 0.3 is 0 Å². The van der Waals surface area contributed by atoms with E-state index in [4.69, 9.17) is 27.9 Å². The molecule has 2 aromatic carbocycles. The van der Waals surface area contributed by atoms with Gasteiger partial charge in [-0.2, -0.15) is 0 Å². The maximum Gasteiger partial charge on any atom is 0.139 e. The number of aryl methyl sites for hydroxylation is 2. The normalized spacial score (nSPS) is 12.3. The Bertz CT molecular complexity index is 655. The minimum absolute atomic E-state index is 0.00113. The molecule has 1 atom stereocenters. The lowest BCUT2D eigenvalue weighted by Gasteiger charge is -2.17. The summed E-state index contributed by atoms with van der Waals surface area (Å²) in [5.41, 5.74) is 4.59. The van der Waals surface area contributed by atoms with Gasteiger partial charge in [-0.3, -0.25) is 0 Å². The molecule has 2 aromatic rings. The summed E-state index contributed by atoms with van der Waals surface area (Å²) in [5, 5.41) is 1.22. The first-order valence-electron chi connectivity index (χ1n) is 6.77. The van der Waals surface area contributed by atoms with Crippen LogP contribution < -0.4 is 4.74 Å². The van der Waals surface area contributed by atoms with Crippen LogP contribution in [-0.4, -0.2) is 6.61 Å². The van der Waals surface area contributed by atoms with Crippen molar-refractivity contribution < 1.29 is 4.74 Å². The molecule has 0 aliphatic carbocycles. The summed E-state index contributed by atoms with van der Waals surface area (Å²) in [6, 6.07) is 10.0. The Balaban J connectivity index is 2.43. The molecule has 21 heavy (non-hydrogen) atoms. The van der Waals surface area contributed by atoms with Gasteiger partial charge in [-0.15, -0.1) is 0 Å². The molecule has 0 aliphatic rings. The minimum Gasteiger partial charge on any atom is -0.492 e. The van der Waals surface area contributed by atoms with Crippen LogP contribution in [0, 0.1) is 13.8 Å². The molecule has 0 amide bonds. The van der Waals surface area contributed by atoms with E-state index < -0.39 is 0 Å². The molecule has 0 radical (unpaired) electrons. The van der Waals surface area contributed by atoms with Crippen LogP contribution in [0.3, 0.4) is 0 Å². The smallest absolute Gasteiger partial charge is 0.139 e. The summed E-state index contributed by atoms with van der Waals surface area (Å²) in [5.74, 6) is 0.619. The van der Waals surface area contributed by atoms with Gasteiger partial charge in [-0.1, -0.05) is 62.9 Å². The van der Waals surface area contributed by atoms with Gasteiger partial charge in [0.1, 0.15) is 5.75 Å². The highest BCUT2D eigenvalue weighted by atomic mass is 79.9. The van der Waals surface area contributed by atoms with Crippen LogP contribution in [0.25, 0.3) is 0 Å². The number of rotatable bonds is 4. The van der Waals surface area contributed by atoms with E-state index in [9.17, 15) is 0 Å². The first-order chi connectivity index (χ1) is 9.93. The Morgan fingerprint density at radius 2 is 1.76 bits per heavy atom. The number of alkyl halides is 1. The summed E-state index contributed by atoms with van der Waals surface area (Å²) < 4.78 is 5.47.